The van der Waals surface area contributed by atoms with E-state index >= 15 is 0 Å². The molecule has 0 atom stereocenters. The van der Waals surface area contributed by atoms with Gasteiger partial charge in [-0.05, 0) is 120 Å². The topological polar surface area (TPSA) is 116 Å². The lowest BCUT2D eigenvalue weighted by Crippen LogP contribution is -2.09. The lowest BCUT2D eigenvalue weighted by Gasteiger charge is -2.25. The molecule has 0 bridgehead atoms. The number of anilines is 4. The molecule has 0 aliphatic rings. The van der Waals surface area contributed by atoms with Crippen molar-refractivity contribution < 1.29 is 14.8 Å². The van der Waals surface area contributed by atoms with Crippen molar-refractivity contribution >= 4 is 57.0 Å². The van der Waals surface area contributed by atoms with Gasteiger partial charge in [-0.2, -0.15) is 15.3 Å². The van der Waals surface area contributed by atoms with Gasteiger partial charge in [-0.15, -0.1) is 5.11 Å². The standard InChI is InChI=1S/C45H39N7O3/c1-46-48-37-22-24-38(25-23-37)49-50-45-43-28-18-35(30-36(43)19-29-44(45)53)31-54-47-32-55-51-39-20-14-33(15-21-39)12-13-34-16-26-42(27-17-34)52(40-8-4-2-5-9-40)41-10-6-3-7-11-41/h2-11,14-30,32,51,53H,12-13,31H2,1H3. The Morgan fingerprint density at radius 3 is 1.82 bits per heavy atom. The first kappa shape index (κ1) is 36.0. The van der Waals surface area contributed by atoms with Crippen LogP contribution in [0.25, 0.3) is 10.8 Å². The number of benzene rings is 7. The maximum absolute atomic E-state index is 10.5. The molecule has 2 N–H and O–H groups in total. The van der Waals surface area contributed by atoms with Crippen LogP contribution in [0, 0.1) is 0 Å². The second kappa shape index (κ2) is 17.9. The summed E-state index contributed by atoms with van der Waals surface area (Å²) in [5.41, 5.74) is 12.2. The number of fused-ring (bicyclic) bond motifs is 1. The first-order valence-corrected chi connectivity index (χ1v) is 17.8. The van der Waals surface area contributed by atoms with Crippen LogP contribution in [0.2, 0.25) is 0 Å². The molecule has 7 aromatic rings. The Kier molecular flexibility index (Phi) is 11.8. The lowest BCUT2D eigenvalue weighted by molar-refractivity contribution is 0.125. The van der Waals surface area contributed by atoms with Crippen LogP contribution in [0.3, 0.4) is 0 Å². The number of nitrogens with one attached hydrogen (secondary N) is 1. The molecule has 0 radical (unpaired) electrons. The molecule has 7 aromatic carbocycles. The summed E-state index contributed by atoms with van der Waals surface area (Å²) in [6.45, 7) is 0.227. The van der Waals surface area contributed by atoms with E-state index < -0.39 is 0 Å². The Balaban J connectivity index is 0.866. The number of phenolic OH excluding ortho intramolecular Hbond substituents is 1. The van der Waals surface area contributed by atoms with Crippen LogP contribution in [-0.2, 0) is 29.1 Å². The highest BCUT2D eigenvalue weighted by atomic mass is 16.7. The van der Waals surface area contributed by atoms with Gasteiger partial charge in [-0.25, -0.2) is 5.48 Å². The monoisotopic (exact) mass is 725 g/mol. The minimum absolute atomic E-state index is 0.0392. The van der Waals surface area contributed by atoms with Crippen LogP contribution in [0.15, 0.2) is 189 Å². The third-order valence-electron chi connectivity index (χ3n) is 8.82. The number of para-hydroxylation sites is 2. The number of phenols is 1. The maximum Gasteiger partial charge on any atom is 0.245 e. The molecule has 0 saturated heterocycles. The summed E-state index contributed by atoms with van der Waals surface area (Å²) in [7, 11) is 1.62. The van der Waals surface area contributed by atoms with Gasteiger partial charge in [-0.3, -0.25) is 0 Å². The zero-order valence-electron chi connectivity index (χ0n) is 30.2. The molecule has 7 rings (SSSR count). The van der Waals surface area contributed by atoms with Gasteiger partial charge in [0.15, 0.2) is 0 Å². The number of aryl methyl sites for hydroxylation is 2. The van der Waals surface area contributed by atoms with Gasteiger partial charge in [0.2, 0.25) is 6.40 Å². The highest BCUT2D eigenvalue weighted by Crippen LogP contribution is 2.37. The van der Waals surface area contributed by atoms with Crippen molar-refractivity contribution in [1.29, 1.82) is 0 Å². The number of oxime groups is 1. The van der Waals surface area contributed by atoms with Gasteiger partial charge < -0.3 is 19.7 Å². The van der Waals surface area contributed by atoms with Crippen molar-refractivity contribution in [3.8, 4) is 5.75 Å². The number of hydrogen-bond donors (Lipinski definition) is 2. The Labute approximate surface area is 319 Å². The van der Waals surface area contributed by atoms with Crippen molar-refractivity contribution in [3.63, 3.8) is 0 Å². The van der Waals surface area contributed by atoms with E-state index in [0.29, 0.717) is 11.4 Å². The molecule has 0 heterocycles. The first-order valence-electron chi connectivity index (χ1n) is 17.8. The zero-order valence-corrected chi connectivity index (χ0v) is 30.2. The molecule has 10 heteroatoms. The molecule has 0 spiro atoms. The van der Waals surface area contributed by atoms with E-state index in [1.165, 1.54) is 17.5 Å². The van der Waals surface area contributed by atoms with E-state index in [-0.39, 0.29) is 12.4 Å². The average Bonchev–Trinajstić information content (AvgIpc) is 3.23. The average molecular weight is 726 g/mol. The Hall–Kier alpha value is -7.33. The van der Waals surface area contributed by atoms with E-state index in [4.69, 9.17) is 9.68 Å². The maximum atomic E-state index is 10.5. The number of hydrogen-bond acceptors (Lipinski definition) is 10. The summed E-state index contributed by atoms with van der Waals surface area (Å²) >= 11 is 0. The predicted molar refractivity (Wildman–Crippen MR) is 220 cm³/mol. The number of aromatic hydroxyl groups is 1. The summed E-state index contributed by atoms with van der Waals surface area (Å²) in [4.78, 5) is 13.1. The van der Waals surface area contributed by atoms with E-state index in [1.54, 1.807) is 37.4 Å². The number of rotatable bonds is 15. The minimum Gasteiger partial charge on any atom is -0.506 e. The van der Waals surface area contributed by atoms with Crippen molar-refractivity contribution in [2.75, 3.05) is 17.4 Å². The zero-order chi connectivity index (χ0) is 37.7. The molecule has 0 amide bonds. The molecule has 10 nitrogen and oxygen atoms in total. The van der Waals surface area contributed by atoms with Crippen LogP contribution in [-0.4, -0.2) is 18.6 Å². The molecule has 0 unspecified atom stereocenters. The van der Waals surface area contributed by atoms with E-state index in [2.05, 4.69) is 121 Å². The second-order valence-electron chi connectivity index (χ2n) is 12.6. The SMILES string of the molecule is CN=Nc1ccc(N=Nc2c(O)ccc3cc(CON=CONc4ccc(CCc5ccc(N(c6ccccc6)c6ccccc6)cc5)cc4)ccc23)cc1. The van der Waals surface area contributed by atoms with Crippen LogP contribution < -0.4 is 10.4 Å². The number of nitrogens with zero attached hydrogens (tertiary/aromatic N) is 6. The van der Waals surface area contributed by atoms with Crippen molar-refractivity contribution in [3.05, 3.63) is 180 Å². The molecule has 0 aliphatic carbocycles. The van der Waals surface area contributed by atoms with Gasteiger partial charge in [0.05, 0.1) is 17.1 Å². The fourth-order valence-corrected chi connectivity index (χ4v) is 6.05. The smallest absolute Gasteiger partial charge is 0.245 e. The third-order valence-corrected chi connectivity index (χ3v) is 8.82. The van der Waals surface area contributed by atoms with Gasteiger partial charge in [-0.1, -0.05) is 84.0 Å². The molecule has 55 heavy (non-hydrogen) atoms. The van der Waals surface area contributed by atoms with Crippen molar-refractivity contribution in [2.24, 2.45) is 25.6 Å². The fraction of sp³-hybridized carbons (Fsp3) is 0.0889. The third kappa shape index (κ3) is 9.57. The summed E-state index contributed by atoms with van der Waals surface area (Å²) in [6, 6.07) is 54.1. The highest BCUT2D eigenvalue weighted by Gasteiger charge is 2.12. The largest absolute Gasteiger partial charge is 0.506 e. The minimum atomic E-state index is 0.0392. The van der Waals surface area contributed by atoms with Gasteiger partial charge in [0.1, 0.15) is 18.0 Å². The summed E-state index contributed by atoms with van der Waals surface area (Å²) < 4.78 is 0. The van der Waals surface area contributed by atoms with Crippen LogP contribution in [0.5, 0.6) is 5.75 Å². The Bertz CT molecular complexity index is 2340. The lowest BCUT2D eigenvalue weighted by atomic mass is 10.0. The van der Waals surface area contributed by atoms with E-state index in [1.807, 2.05) is 48.5 Å². The molecular formula is C45H39N7O3. The van der Waals surface area contributed by atoms with Crippen LogP contribution in [0.4, 0.5) is 39.8 Å². The van der Waals surface area contributed by atoms with Gasteiger partial charge in [0, 0.05) is 29.5 Å². The van der Waals surface area contributed by atoms with E-state index in [0.717, 1.165) is 57.6 Å². The van der Waals surface area contributed by atoms with Gasteiger partial charge in [0.25, 0.3) is 0 Å². The summed E-state index contributed by atoms with van der Waals surface area (Å²) in [5, 5.41) is 32.4. The summed E-state index contributed by atoms with van der Waals surface area (Å²) in [5.74, 6) is 0.0392. The number of azo groups is 2. The molecular weight excluding hydrogens is 687 g/mol. The van der Waals surface area contributed by atoms with Crippen molar-refractivity contribution in [2.45, 2.75) is 19.4 Å². The van der Waals surface area contributed by atoms with Gasteiger partial charge >= 0.3 is 0 Å². The van der Waals surface area contributed by atoms with E-state index in [9.17, 15) is 5.11 Å². The highest BCUT2D eigenvalue weighted by molar-refractivity contribution is 5.95. The van der Waals surface area contributed by atoms with Crippen LogP contribution >= 0.6 is 0 Å². The fourth-order valence-electron chi connectivity index (χ4n) is 6.05. The Morgan fingerprint density at radius 1 is 0.600 bits per heavy atom. The predicted octanol–water partition coefficient (Wildman–Crippen LogP) is 12.4. The normalized spacial score (nSPS) is 11.4. The second-order valence-corrected chi connectivity index (χ2v) is 12.6. The quantitative estimate of drug-likeness (QED) is 0.0472. The first-order chi connectivity index (χ1) is 27.1. The molecule has 272 valence electrons. The Morgan fingerprint density at radius 2 is 1.18 bits per heavy atom. The molecule has 0 fully saturated rings. The van der Waals surface area contributed by atoms with Crippen LogP contribution in [0.1, 0.15) is 16.7 Å². The summed E-state index contributed by atoms with van der Waals surface area (Å²) in [6.07, 6.45) is 3.06. The molecule has 0 saturated carbocycles. The molecule has 0 aliphatic heterocycles. The van der Waals surface area contributed by atoms with Crippen molar-refractivity contribution in [1.82, 2.24) is 0 Å². The molecule has 0 aromatic heterocycles.